The number of rotatable bonds is 4. The Balaban J connectivity index is 1.93. The predicted octanol–water partition coefficient (Wildman–Crippen LogP) is 3.05. The van der Waals surface area contributed by atoms with Crippen LogP contribution in [0.1, 0.15) is 24.1 Å². The van der Waals surface area contributed by atoms with Gasteiger partial charge in [0.05, 0.1) is 23.8 Å². The summed E-state index contributed by atoms with van der Waals surface area (Å²) in [5.41, 5.74) is 5.61. The SMILES string of the molecule is COc1ccc(C2=CC(c3ccc([N+](=O)[O-])cc3)N(C(C)=O)N2)cc1. The van der Waals surface area contributed by atoms with Gasteiger partial charge < -0.3 is 4.74 Å². The molecule has 1 heterocycles. The van der Waals surface area contributed by atoms with Gasteiger partial charge in [-0.1, -0.05) is 0 Å². The summed E-state index contributed by atoms with van der Waals surface area (Å²) >= 11 is 0. The molecule has 128 valence electrons. The topological polar surface area (TPSA) is 84.7 Å². The number of non-ortho nitro benzene ring substituents is 1. The Morgan fingerprint density at radius 1 is 1.16 bits per heavy atom. The second-order valence-electron chi connectivity index (χ2n) is 5.60. The maximum atomic E-state index is 12.0. The molecule has 0 spiro atoms. The van der Waals surface area contributed by atoms with Crippen molar-refractivity contribution < 1.29 is 14.5 Å². The largest absolute Gasteiger partial charge is 0.497 e. The van der Waals surface area contributed by atoms with Gasteiger partial charge >= 0.3 is 0 Å². The number of methoxy groups -OCH3 is 1. The quantitative estimate of drug-likeness (QED) is 0.683. The molecule has 3 rings (SSSR count). The summed E-state index contributed by atoms with van der Waals surface area (Å²) in [5, 5.41) is 12.3. The van der Waals surface area contributed by atoms with Crippen molar-refractivity contribution in [2.24, 2.45) is 0 Å². The number of nitro groups is 1. The molecule has 0 radical (unpaired) electrons. The van der Waals surface area contributed by atoms with E-state index in [1.807, 2.05) is 30.3 Å². The average molecular weight is 339 g/mol. The highest BCUT2D eigenvalue weighted by atomic mass is 16.6. The van der Waals surface area contributed by atoms with E-state index in [4.69, 9.17) is 4.74 Å². The second kappa shape index (κ2) is 6.64. The summed E-state index contributed by atoms with van der Waals surface area (Å²) in [5.74, 6) is 0.598. The van der Waals surface area contributed by atoms with Gasteiger partial charge in [0.15, 0.2) is 0 Å². The van der Waals surface area contributed by atoms with E-state index in [1.165, 1.54) is 24.1 Å². The number of hydrogen-bond donors (Lipinski definition) is 1. The average Bonchev–Trinajstić information content (AvgIpc) is 3.07. The van der Waals surface area contributed by atoms with Gasteiger partial charge in [0.1, 0.15) is 5.75 Å². The van der Waals surface area contributed by atoms with Crippen molar-refractivity contribution in [1.29, 1.82) is 0 Å². The maximum absolute atomic E-state index is 12.0. The number of hydrazine groups is 1. The lowest BCUT2D eigenvalue weighted by molar-refractivity contribution is -0.384. The van der Waals surface area contributed by atoms with Gasteiger partial charge in [-0.15, -0.1) is 0 Å². The van der Waals surface area contributed by atoms with Gasteiger partial charge in [-0.05, 0) is 53.6 Å². The van der Waals surface area contributed by atoms with E-state index in [9.17, 15) is 14.9 Å². The highest BCUT2D eigenvalue weighted by molar-refractivity contribution is 5.79. The normalized spacial score (nSPS) is 16.2. The molecule has 0 fully saturated rings. The van der Waals surface area contributed by atoms with Crippen molar-refractivity contribution in [3.8, 4) is 5.75 Å². The summed E-state index contributed by atoms with van der Waals surface area (Å²) in [4.78, 5) is 22.3. The van der Waals surface area contributed by atoms with E-state index in [1.54, 1.807) is 19.2 Å². The minimum absolute atomic E-state index is 0.0171. The fourth-order valence-electron chi connectivity index (χ4n) is 2.71. The van der Waals surface area contributed by atoms with Crippen LogP contribution in [0.2, 0.25) is 0 Å². The summed E-state index contributed by atoms with van der Waals surface area (Å²) < 4.78 is 5.15. The van der Waals surface area contributed by atoms with Crippen LogP contribution in [0.4, 0.5) is 5.69 Å². The minimum Gasteiger partial charge on any atom is -0.497 e. The Bertz CT molecular complexity index is 828. The molecule has 0 aromatic heterocycles. The van der Waals surface area contributed by atoms with Crippen LogP contribution in [0.5, 0.6) is 5.75 Å². The zero-order valence-electron chi connectivity index (χ0n) is 13.8. The Labute approximate surface area is 144 Å². The van der Waals surface area contributed by atoms with E-state index in [2.05, 4.69) is 5.43 Å². The number of nitro benzene ring substituents is 1. The maximum Gasteiger partial charge on any atom is 0.269 e. The first-order chi connectivity index (χ1) is 12.0. The van der Waals surface area contributed by atoms with E-state index < -0.39 is 4.92 Å². The van der Waals surface area contributed by atoms with E-state index in [-0.39, 0.29) is 17.6 Å². The lowest BCUT2D eigenvalue weighted by atomic mass is 10.0. The fraction of sp³-hybridized carbons (Fsp3) is 0.167. The van der Waals surface area contributed by atoms with Crippen LogP contribution < -0.4 is 10.2 Å². The summed E-state index contributed by atoms with van der Waals surface area (Å²) in [6, 6.07) is 13.3. The number of nitrogens with zero attached hydrogens (tertiary/aromatic N) is 2. The van der Waals surface area contributed by atoms with Gasteiger partial charge in [-0.25, -0.2) is 5.01 Å². The van der Waals surface area contributed by atoms with Crippen molar-refractivity contribution in [3.05, 3.63) is 75.8 Å². The van der Waals surface area contributed by atoms with Crippen LogP contribution >= 0.6 is 0 Å². The highest BCUT2D eigenvalue weighted by Crippen LogP contribution is 2.32. The molecule has 2 aromatic rings. The Morgan fingerprint density at radius 3 is 2.32 bits per heavy atom. The van der Waals surface area contributed by atoms with Crippen LogP contribution in [0.25, 0.3) is 5.70 Å². The third-order valence-electron chi connectivity index (χ3n) is 4.03. The molecule has 0 bridgehead atoms. The molecule has 1 aliphatic rings. The molecule has 0 saturated carbocycles. The number of carbonyl (C=O) groups excluding carboxylic acids is 1. The van der Waals surface area contributed by atoms with E-state index in [0.717, 1.165) is 22.6 Å². The predicted molar refractivity (Wildman–Crippen MR) is 92.5 cm³/mol. The number of carbonyl (C=O) groups is 1. The number of nitrogens with one attached hydrogen (secondary N) is 1. The first-order valence-corrected chi connectivity index (χ1v) is 7.66. The molecule has 1 N–H and O–H groups in total. The number of ether oxygens (including phenoxy) is 1. The molecular formula is C18H17N3O4. The third-order valence-corrected chi connectivity index (χ3v) is 4.03. The van der Waals surface area contributed by atoms with Crippen molar-refractivity contribution in [1.82, 2.24) is 10.4 Å². The molecule has 1 unspecified atom stereocenters. The smallest absolute Gasteiger partial charge is 0.269 e. The number of amides is 1. The summed E-state index contributed by atoms with van der Waals surface area (Å²) in [6.45, 7) is 1.47. The molecule has 1 amide bonds. The Morgan fingerprint density at radius 2 is 1.80 bits per heavy atom. The number of hydrogen-bond acceptors (Lipinski definition) is 5. The van der Waals surface area contributed by atoms with Gasteiger partial charge in [0.2, 0.25) is 5.91 Å². The van der Waals surface area contributed by atoms with Crippen LogP contribution in [0, 0.1) is 10.1 Å². The molecule has 2 aromatic carbocycles. The molecule has 7 nitrogen and oxygen atoms in total. The fourth-order valence-corrected chi connectivity index (χ4v) is 2.71. The summed E-state index contributed by atoms with van der Waals surface area (Å²) in [7, 11) is 1.60. The lowest BCUT2D eigenvalue weighted by Gasteiger charge is -2.24. The van der Waals surface area contributed by atoms with Gasteiger partial charge in [-0.3, -0.25) is 20.3 Å². The standard InChI is InChI=1S/C18H17N3O4/c1-12(22)20-18(14-3-7-15(8-4-14)21(23)24)11-17(19-20)13-5-9-16(25-2)10-6-13/h3-11,18-19H,1-2H3. The van der Waals surface area contributed by atoms with Crippen molar-refractivity contribution in [3.63, 3.8) is 0 Å². The van der Waals surface area contributed by atoms with Gasteiger partial charge in [-0.2, -0.15) is 0 Å². The van der Waals surface area contributed by atoms with Crippen molar-refractivity contribution in [2.75, 3.05) is 7.11 Å². The molecular weight excluding hydrogens is 322 g/mol. The molecule has 1 atom stereocenters. The zero-order valence-corrected chi connectivity index (χ0v) is 13.8. The lowest BCUT2D eigenvalue weighted by Crippen LogP contribution is -2.37. The molecule has 0 saturated heterocycles. The van der Waals surface area contributed by atoms with Gasteiger partial charge in [0, 0.05) is 19.1 Å². The molecule has 7 heteroatoms. The minimum atomic E-state index is -0.446. The summed E-state index contributed by atoms with van der Waals surface area (Å²) in [6.07, 6.45) is 1.92. The Kier molecular flexibility index (Phi) is 4.38. The zero-order chi connectivity index (χ0) is 18.0. The molecule has 25 heavy (non-hydrogen) atoms. The second-order valence-corrected chi connectivity index (χ2v) is 5.60. The van der Waals surface area contributed by atoms with Gasteiger partial charge in [0.25, 0.3) is 5.69 Å². The van der Waals surface area contributed by atoms with E-state index in [0.29, 0.717) is 0 Å². The van der Waals surface area contributed by atoms with Crippen LogP contribution in [-0.2, 0) is 4.79 Å². The first-order valence-electron chi connectivity index (χ1n) is 7.66. The third kappa shape index (κ3) is 3.30. The van der Waals surface area contributed by atoms with Crippen LogP contribution in [-0.4, -0.2) is 22.9 Å². The highest BCUT2D eigenvalue weighted by Gasteiger charge is 2.29. The molecule has 1 aliphatic heterocycles. The van der Waals surface area contributed by atoms with Crippen LogP contribution in [0.15, 0.2) is 54.6 Å². The van der Waals surface area contributed by atoms with Crippen molar-refractivity contribution in [2.45, 2.75) is 13.0 Å². The van der Waals surface area contributed by atoms with Crippen molar-refractivity contribution >= 4 is 17.3 Å². The first kappa shape index (κ1) is 16.5. The number of benzene rings is 2. The monoisotopic (exact) mass is 339 g/mol. The Hall–Kier alpha value is -3.35. The van der Waals surface area contributed by atoms with Crippen LogP contribution in [0.3, 0.4) is 0 Å². The molecule has 0 aliphatic carbocycles. The van der Waals surface area contributed by atoms with E-state index >= 15 is 0 Å².